The van der Waals surface area contributed by atoms with Crippen LogP contribution in [0.4, 0.5) is 0 Å². The number of aliphatic hydroxyl groups excluding tert-OH is 2. The van der Waals surface area contributed by atoms with E-state index in [1.54, 1.807) is 0 Å². The van der Waals surface area contributed by atoms with Crippen molar-refractivity contribution in [1.82, 2.24) is 25.3 Å². The molecule has 1 saturated carbocycles. The number of amidine groups is 1. The van der Waals surface area contributed by atoms with Gasteiger partial charge in [0.25, 0.3) is 5.91 Å². The van der Waals surface area contributed by atoms with Gasteiger partial charge in [0.2, 0.25) is 0 Å². The molecule has 0 aromatic heterocycles. The maximum absolute atomic E-state index is 13.8. The molecule has 3 fully saturated rings. The van der Waals surface area contributed by atoms with E-state index >= 15 is 0 Å². The highest BCUT2D eigenvalue weighted by Gasteiger charge is 2.52. The van der Waals surface area contributed by atoms with E-state index in [0.717, 1.165) is 58.4 Å². The molecular weight excluding hydrogens is 456 g/mol. The highest BCUT2D eigenvalue weighted by Crippen LogP contribution is 2.33. The zero-order valence-electron chi connectivity index (χ0n) is 23.0. The number of hydrogen-bond acceptors (Lipinski definition) is 8. The number of piperidine rings is 1. The number of amides is 1. The fourth-order valence-corrected chi connectivity index (χ4v) is 6.85. The van der Waals surface area contributed by atoms with Crippen LogP contribution in [0.2, 0.25) is 0 Å². The van der Waals surface area contributed by atoms with Gasteiger partial charge >= 0.3 is 0 Å². The molecule has 1 amide bonds. The zero-order valence-corrected chi connectivity index (χ0v) is 23.0. The lowest BCUT2D eigenvalue weighted by Crippen LogP contribution is -2.68. The highest BCUT2D eigenvalue weighted by molar-refractivity contribution is 5.96. The Hall–Kier alpha value is -1.26. The number of rotatable bonds is 7. The van der Waals surface area contributed by atoms with Gasteiger partial charge in [0.05, 0.1) is 6.04 Å². The lowest BCUT2D eigenvalue weighted by atomic mass is 9.81. The summed E-state index contributed by atoms with van der Waals surface area (Å²) < 4.78 is 0. The molecule has 3 heterocycles. The van der Waals surface area contributed by atoms with Gasteiger partial charge in [0.1, 0.15) is 11.9 Å². The molecule has 4 aliphatic rings. The summed E-state index contributed by atoms with van der Waals surface area (Å²) in [6.07, 6.45) is 6.53. The first-order chi connectivity index (χ1) is 17.2. The van der Waals surface area contributed by atoms with E-state index in [-0.39, 0.29) is 18.0 Å². The van der Waals surface area contributed by atoms with Gasteiger partial charge in [-0.3, -0.25) is 19.6 Å². The molecule has 2 saturated heterocycles. The second-order valence-corrected chi connectivity index (χ2v) is 11.9. The average molecular weight is 507 g/mol. The second kappa shape index (κ2) is 12.1. The van der Waals surface area contributed by atoms with Crippen LogP contribution in [0.25, 0.3) is 0 Å². The number of likely N-dealkylation sites (N-methyl/N-ethyl adjacent to an activating group) is 2. The standard InChI is InChI=1S/C27H50N6O3/c1-5-12-27(26(36)28-19(2)20-9-7-6-8-10-20)23(34)25(35)29-24(30-27)22-18-21(11-13-32(22)4)33-16-14-31(3)15-17-33/h19-23,25,34-35H,5-18H2,1-4H3,(H,28,36)(H,29,30)/t19-,21?,22?,23?,25?,27?/m1/s1. The van der Waals surface area contributed by atoms with Crippen LogP contribution in [0.15, 0.2) is 4.99 Å². The van der Waals surface area contributed by atoms with Crippen molar-refractivity contribution >= 4 is 11.7 Å². The van der Waals surface area contributed by atoms with Crippen molar-refractivity contribution in [1.29, 1.82) is 0 Å². The first-order valence-corrected chi connectivity index (χ1v) is 14.4. The van der Waals surface area contributed by atoms with Crippen LogP contribution >= 0.6 is 0 Å². The van der Waals surface area contributed by atoms with Crippen molar-refractivity contribution in [2.45, 2.75) is 108 Å². The zero-order chi connectivity index (χ0) is 25.9. The minimum absolute atomic E-state index is 0.0228. The molecule has 1 aliphatic carbocycles. The molecule has 206 valence electrons. The summed E-state index contributed by atoms with van der Waals surface area (Å²) in [7, 11) is 4.27. The fourth-order valence-electron chi connectivity index (χ4n) is 6.85. The third-order valence-corrected chi connectivity index (χ3v) is 9.36. The summed E-state index contributed by atoms with van der Waals surface area (Å²) >= 11 is 0. The molecule has 9 heteroatoms. The monoisotopic (exact) mass is 506 g/mol. The first-order valence-electron chi connectivity index (χ1n) is 14.4. The van der Waals surface area contributed by atoms with Crippen molar-refractivity contribution in [3.8, 4) is 0 Å². The summed E-state index contributed by atoms with van der Waals surface area (Å²) in [6, 6.07) is 0.461. The number of nitrogens with one attached hydrogen (secondary N) is 2. The van der Waals surface area contributed by atoms with Crippen LogP contribution in [0.5, 0.6) is 0 Å². The number of likely N-dealkylation sites (tertiary alicyclic amines) is 1. The van der Waals surface area contributed by atoms with E-state index in [1.165, 1.54) is 19.3 Å². The van der Waals surface area contributed by atoms with Crippen LogP contribution in [0.3, 0.4) is 0 Å². The molecule has 4 N–H and O–H groups in total. The third kappa shape index (κ3) is 5.90. The minimum atomic E-state index is -1.38. The van der Waals surface area contributed by atoms with Crippen molar-refractivity contribution in [2.75, 3.05) is 46.8 Å². The van der Waals surface area contributed by atoms with Gasteiger partial charge in [-0.1, -0.05) is 32.6 Å². The third-order valence-electron chi connectivity index (χ3n) is 9.36. The number of nitrogens with zero attached hydrogens (tertiary/aromatic N) is 4. The van der Waals surface area contributed by atoms with Gasteiger partial charge in [0.15, 0.2) is 11.8 Å². The van der Waals surface area contributed by atoms with E-state index in [4.69, 9.17) is 4.99 Å². The van der Waals surface area contributed by atoms with E-state index in [0.29, 0.717) is 30.6 Å². The van der Waals surface area contributed by atoms with Gasteiger partial charge < -0.3 is 25.7 Å². The maximum Gasteiger partial charge on any atom is 0.251 e. The number of piperazine rings is 1. The summed E-state index contributed by atoms with van der Waals surface area (Å²) in [5.41, 5.74) is -1.38. The number of carbonyl (C=O) groups is 1. The van der Waals surface area contributed by atoms with Gasteiger partial charge in [-0.15, -0.1) is 0 Å². The fraction of sp³-hybridized carbons (Fsp3) is 0.926. The van der Waals surface area contributed by atoms with Gasteiger partial charge in [0, 0.05) is 44.8 Å². The Balaban J connectivity index is 1.55. The number of carbonyl (C=O) groups excluding carboxylic acids is 1. The van der Waals surface area contributed by atoms with Gasteiger partial charge in [-0.05, 0) is 59.0 Å². The van der Waals surface area contributed by atoms with Crippen molar-refractivity contribution in [3.63, 3.8) is 0 Å². The lowest BCUT2D eigenvalue weighted by molar-refractivity contribution is -0.138. The predicted octanol–water partition coefficient (Wildman–Crippen LogP) is 1.00. The molecule has 0 bridgehead atoms. The van der Waals surface area contributed by atoms with E-state index < -0.39 is 17.9 Å². The molecule has 0 aromatic rings. The van der Waals surface area contributed by atoms with Crippen molar-refractivity contribution in [2.24, 2.45) is 10.9 Å². The first kappa shape index (κ1) is 27.8. The number of aliphatic hydroxyl groups is 2. The van der Waals surface area contributed by atoms with Crippen LogP contribution in [0, 0.1) is 5.92 Å². The maximum atomic E-state index is 13.8. The summed E-state index contributed by atoms with van der Waals surface area (Å²) in [5, 5.41) is 28.4. The molecule has 9 nitrogen and oxygen atoms in total. The summed E-state index contributed by atoms with van der Waals surface area (Å²) in [4.78, 5) is 26.1. The molecule has 3 aliphatic heterocycles. The summed E-state index contributed by atoms with van der Waals surface area (Å²) in [6.45, 7) is 9.33. The second-order valence-electron chi connectivity index (χ2n) is 11.9. The molecule has 5 unspecified atom stereocenters. The van der Waals surface area contributed by atoms with E-state index in [1.807, 2.05) is 6.92 Å². The Kier molecular flexibility index (Phi) is 9.31. The van der Waals surface area contributed by atoms with Crippen LogP contribution in [0.1, 0.15) is 71.6 Å². The average Bonchev–Trinajstić information content (AvgIpc) is 2.88. The van der Waals surface area contributed by atoms with Crippen LogP contribution in [-0.4, -0.2) is 119 Å². The molecule has 0 spiro atoms. The van der Waals surface area contributed by atoms with E-state index in [9.17, 15) is 15.0 Å². The van der Waals surface area contributed by atoms with E-state index in [2.05, 4.69) is 46.4 Å². The van der Waals surface area contributed by atoms with Crippen LogP contribution in [-0.2, 0) is 4.79 Å². The Morgan fingerprint density at radius 2 is 1.81 bits per heavy atom. The molecule has 4 rings (SSSR count). The smallest absolute Gasteiger partial charge is 0.251 e. The molecule has 0 aromatic carbocycles. The van der Waals surface area contributed by atoms with Crippen molar-refractivity contribution < 1.29 is 15.0 Å². The Morgan fingerprint density at radius 1 is 1.11 bits per heavy atom. The Morgan fingerprint density at radius 3 is 2.47 bits per heavy atom. The largest absolute Gasteiger partial charge is 0.385 e. The molecular formula is C27H50N6O3. The Bertz CT molecular complexity index is 767. The quantitative estimate of drug-likeness (QED) is 0.409. The number of aliphatic imine (C=N–C) groups is 1. The normalized spacial score (nSPS) is 36.7. The summed E-state index contributed by atoms with van der Waals surface area (Å²) in [5.74, 6) is 0.854. The van der Waals surface area contributed by atoms with Gasteiger partial charge in [-0.2, -0.15) is 0 Å². The lowest BCUT2D eigenvalue weighted by Gasteiger charge is -2.47. The van der Waals surface area contributed by atoms with Crippen molar-refractivity contribution in [3.05, 3.63) is 0 Å². The topological polar surface area (TPSA) is 104 Å². The SMILES string of the molecule is CCCC1(C(=O)N[C@H](C)C2CCCCC2)N=C(C2CC(N3CCN(C)CC3)CCN2C)NC(O)C1O. The number of hydrogen-bond donors (Lipinski definition) is 4. The highest BCUT2D eigenvalue weighted by atomic mass is 16.3. The van der Waals surface area contributed by atoms with Crippen LogP contribution < -0.4 is 10.6 Å². The molecule has 6 atom stereocenters. The molecule has 0 radical (unpaired) electrons. The predicted molar refractivity (Wildman–Crippen MR) is 143 cm³/mol. The minimum Gasteiger partial charge on any atom is -0.385 e. The Labute approximate surface area is 217 Å². The van der Waals surface area contributed by atoms with Gasteiger partial charge in [-0.25, -0.2) is 0 Å². The molecule has 36 heavy (non-hydrogen) atoms.